The van der Waals surface area contributed by atoms with Gasteiger partial charge in [0, 0.05) is 25.2 Å². The number of aliphatic hydroxyl groups excluding tert-OH is 1. The van der Waals surface area contributed by atoms with Crippen molar-refractivity contribution in [1.29, 1.82) is 0 Å². The van der Waals surface area contributed by atoms with Gasteiger partial charge >= 0.3 is 0 Å². The molecule has 96 valence electrons. The first-order valence-corrected chi connectivity index (χ1v) is 5.74. The van der Waals surface area contributed by atoms with Crippen LogP contribution >= 0.6 is 0 Å². The van der Waals surface area contributed by atoms with E-state index in [1.165, 1.54) is 6.20 Å². The van der Waals surface area contributed by atoms with Crippen LogP contribution in [0.4, 0.5) is 0 Å². The van der Waals surface area contributed by atoms with E-state index in [1.807, 2.05) is 14.0 Å². The highest BCUT2D eigenvalue weighted by Gasteiger charge is 2.11. The Hall–Kier alpha value is -1.95. The molecule has 0 aromatic carbocycles. The molecule has 2 rings (SSSR count). The van der Waals surface area contributed by atoms with Crippen molar-refractivity contribution >= 4 is 16.9 Å². The van der Waals surface area contributed by atoms with Gasteiger partial charge in [-0.2, -0.15) is 5.10 Å². The predicted octanol–water partition coefficient (Wildman–Crippen LogP) is 0.387. The van der Waals surface area contributed by atoms with Gasteiger partial charge in [0.25, 0.3) is 5.91 Å². The summed E-state index contributed by atoms with van der Waals surface area (Å²) in [6.07, 6.45) is 0.951. The average Bonchev–Trinajstić information content (AvgIpc) is 2.61. The fraction of sp³-hybridized carbons (Fsp3) is 0.417. The van der Waals surface area contributed by atoms with Crippen LogP contribution in [0.15, 0.2) is 12.3 Å². The molecule has 0 aliphatic heterocycles. The van der Waals surface area contributed by atoms with Crippen molar-refractivity contribution in [3.05, 3.63) is 23.5 Å². The number of pyridine rings is 1. The number of rotatable bonds is 3. The Bertz CT molecular complexity index is 589. The summed E-state index contributed by atoms with van der Waals surface area (Å²) in [6, 6.07) is 1.77. The number of amides is 1. The van der Waals surface area contributed by atoms with Gasteiger partial charge in [0.1, 0.15) is 0 Å². The Morgan fingerprint density at radius 2 is 2.33 bits per heavy atom. The molecular weight excluding hydrogens is 232 g/mol. The van der Waals surface area contributed by atoms with Crippen LogP contribution in [0.2, 0.25) is 0 Å². The van der Waals surface area contributed by atoms with Crippen LogP contribution in [-0.2, 0) is 7.05 Å². The monoisotopic (exact) mass is 248 g/mol. The maximum Gasteiger partial charge on any atom is 0.252 e. The lowest BCUT2D eigenvalue weighted by Crippen LogP contribution is -2.30. The number of carbonyl (C=O) groups is 1. The quantitative estimate of drug-likeness (QED) is 0.823. The number of fused-ring (bicyclic) bond motifs is 1. The summed E-state index contributed by atoms with van der Waals surface area (Å²) < 4.78 is 1.68. The molecule has 2 N–H and O–H groups in total. The molecule has 0 unspecified atom stereocenters. The van der Waals surface area contributed by atoms with E-state index in [1.54, 1.807) is 17.7 Å². The molecule has 0 fully saturated rings. The van der Waals surface area contributed by atoms with E-state index in [9.17, 15) is 4.79 Å². The van der Waals surface area contributed by atoms with Crippen LogP contribution in [-0.4, -0.2) is 38.4 Å². The van der Waals surface area contributed by atoms with Crippen LogP contribution in [0.25, 0.3) is 11.0 Å². The van der Waals surface area contributed by atoms with E-state index in [4.69, 9.17) is 5.11 Å². The largest absolute Gasteiger partial charge is 0.392 e. The van der Waals surface area contributed by atoms with Gasteiger partial charge in [-0.05, 0) is 19.9 Å². The molecule has 18 heavy (non-hydrogen) atoms. The third-order valence-electron chi connectivity index (χ3n) is 2.68. The highest BCUT2D eigenvalue weighted by Crippen LogP contribution is 2.16. The molecule has 6 heteroatoms. The van der Waals surface area contributed by atoms with Crippen molar-refractivity contribution in [2.45, 2.75) is 20.0 Å². The van der Waals surface area contributed by atoms with Crippen molar-refractivity contribution in [2.75, 3.05) is 6.54 Å². The molecule has 0 bridgehead atoms. The molecule has 6 nitrogen and oxygen atoms in total. The molecule has 1 atom stereocenters. The summed E-state index contributed by atoms with van der Waals surface area (Å²) in [7, 11) is 1.81. The second-order valence-electron chi connectivity index (χ2n) is 4.36. The first kappa shape index (κ1) is 12.5. The Balaban J connectivity index is 2.29. The zero-order valence-corrected chi connectivity index (χ0v) is 10.6. The normalized spacial score (nSPS) is 12.7. The van der Waals surface area contributed by atoms with Gasteiger partial charge in [-0.3, -0.25) is 9.48 Å². The predicted molar refractivity (Wildman–Crippen MR) is 67.3 cm³/mol. The number of aromatic nitrogens is 3. The summed E-state index contributed by atoms with van der Waals surface area (Å²) in [4.78, 5) is 16.0. The van der Waals surface area contributed by atoms with E-state index in [0.717, 1.165) is 16.7 Å². The summed E-state index contributed by atoms with van der Waals surface area (Å²) in [6.45, 7) is 3.72. The molecular formula is C12H16N4O2. The SMILES string of the molecule is Cc1nn(C)c2ncc(C(=O)NC[C@H](C)O)cc12. The van der Waals surface area contributed by atoms with E-state index in [2.05, 4.69) is 15.4 Å². The molecule has 0 spiro atoms. The molecule has 0 aliphatic carbocycles. The summed E-state index contributed by atoms with van der Waals surface area (Å²) in [5.41, 5.74) is 2.06. The summed E-state index contributed by atoms with van der Waals surface area (Å²) in [5, 5.41) is 16.9. The van der Waals surface area contributed by atoms with Crippen molar-refractivity contribution < 1.29 is 9.90 Å². The molecule has 2 aromatic heterocycles. The van der Waals surface area contributed by atoms with E-state index < -0.39 is 6.10 Å². The van der Waals surface area contributed by atoms with Gasteiger partial charge < -0.3 is 10.4 Å². The molecule has 0 saturated carbocycles. The fourth-order valence-corrected chi connectivity index (χ4v) is 1.77. The van der Waals surface area contributed by atoms with Gasteiger partial charge in [-0.25, -0.2) is 4.98 Å². The smallest absolute Gasteiger partial charge is 0.252 e. The highest BCUT2D eigenvalue weighted by molar-refractivity contribution is 5.97. The fourth-order valence-electron chi connectivity index (χ4n) is 1.77. The lowest BCUT2D eigenvalue weighted by Gasteiger charge is -2.06. The van der Waals surface area contributed by atoms with Crippen molar-refractivity contribution in [1.82, 2.24) is 20.1 Å². The van der Waals surface area contributed by atoms with E-state index in [-0.39, 0.29) is 12.5 Å². The van der Waals surface area contributed by atoms with Crippen molar-refractivity contribution in [3.63, 3.8) is 0 Å². The molecule has 2 heterocycles. The lowest BCUT2D eigenvalue weighted by molar-refractivity contribution is 0.0924. The van der Waals surface area contributed by atoms with E-state index in [0.29, 0.717) is 5.56 Å². The van der Waals surface area contributed by atoms with Gasteiger partial charge in [-0.15, -0.1) is 0 Å². The highest BCUT2D eigenvalue weighted by atomic mass is 16.3. The number of hydrogen-bond donors (Lipinski definition) is 2. The van der Waals surface area contributed by atoms with Crippen molar-refractivity contribution in [3.8, 4) is 0 Å². The third kappa shape index (κ3) is 2.33. The number of hydrogen-bond acceptors (Lipinski definition) is 4. The van der Waals surface area contributed by atoms with Crippen molar-refractivity contribution in [2.24, 2.45) is 7.05 Å². The minimum Gasteiger partial charge on any atom is -0.392 e. The third-order valence-corrected chi connectivity index (χ3v) is 2.68. The van der Waals surface area contributed by atoms with E-state index >= 15 is 0 Å². The van der Waals surface area contributed by atoms with Crippen LogP contribution in [0, 0.1) is 6.92 Å². The summed E-state index contributed by atoms with van der Waals surface area (Å²) >= 11 is 0. The number of nitrogens with one attached hydrogen (secondary N) is 1. The maximum atomic E-state index is 11.8. The second-order valence-corrected chi connectivity index (χ2v) is 4.36. The Kier molecular flexibility index (Phi) is 3.29. The zero-order chi connectivity index (χ0) is 13.3. The zero-order valence-electron chi connectivity index (χ0n) is 10.6. The average molecular weight is 248 g/mol. The second kappa shape index (κ2) is 4.73. The lowest BCUT2D eigenvalue weighted by atomic mass is 10.2. The van der Waals surface area contributed by atoms with Crippen LogP contribution in [0.1, 0.15) is 23.0 Å². The van der Waals surface area contributed by atoms with Crippen LogP contribution in [0.5, 0.6) is 0 Å². The van der Waals surface area contributed by atoms with Crippen LogP contribution < -0.4 is 5.32 Å². The molecule has 0 aliphatic rings. The molecule has 1 amide bonds. The number of carbonyl (C=O) groups excluding carboxylic acids is 1. The minimum absolute atomic E-state index is 0.225. The first-order valence-electron chi connectivity index (χ1n) is 5.74. The standard InChI is InChI=1S/C12H16N4O2/c1-7(17)5-14-12(18)9-4-10-8(2)15-16(3)11(10)13-6-9/h4,6-7,17H,5H2,1-3H3,(H,14,18)/t7-/m0/s1. The number of nitrogens with zero attached hydrogens (tertiary/aromatic N) is 3. The minimum atomic E-state index is -0.564. The Morgan fingerprint density at radius 3 is 3.00 bits per heavy atom. The van der Waals surface area contributed by atoms with Gasteiger partial charge in [0.2, 0.25) is 0 Å². The van der Waals surface area contributed by atoms with Gasteiger partial charge in [0.05, 0.1) is 17.4 Å². The molecule has 2 aromatic rings. The number of aryl methyl sites for hydroxylation is 2. The Morgan fingerprint density at radius 1 is 1.61 bits per heavy atom. The molecule has 0 saturated heterocycles. The summed E-state index contributed by atoms with van der Waals surface area (Å²) in [5.74, 6) is -0.242. The van der Waals surface area contributed by atoms with Gasteiger partial charge in [-0.1, -0.05) is 0 Å². The first-order chi connectivity index (χ1) is 8.49. The van der Waals surface area contributed by atoms with Crippen LogP contribution in [0.3, 0.4) is 0 Å². The topological polar surface area (TPSA) is 80.0 Å². The number of aliphatic hydroxyl groups is 1. The maximum absolute atomic E-state index is 11.8. The van der Waals surface area contributed by atoms with Gasteiger partial charge in [0.15, 0.2) is 5.65 Å². The Labute approximate surface area is 105 Å². The molecule has 0 radical (unpaired) electrons.